The minimum atomic E-state index is -0.380. The number of aromatic hydroxyl groups is 2. The first-order chi connectivity index (χ1) is 14.0. The number of phenolic OH excluding ortho intramolecular Hbond substituents is 2. The van der Waals surface area contributed by atoms with Crippen molar-refractivity contribution in [2.45, 2.75) is 13.1 Å². The summed E-state index contributed by atoms with van der Waals surface area (Å²) in [6.07, 6.45) is 0. The van der Waals surface area contributed by atoms with E-state index in [1.165, 1.54) is 18.2 Å². The fourth-order valence-electron chi connectivity index (χ4n) is 3.24. The van der Waals surface area contributed by atoms with E-state index in [-0.39, 0.29) is 40.3 Å². The highest BCUT2D eigenvalue weighted by Crippen LogP contribution is 2.32. The van der Waals surface area contributed by atoms with E-state index in [1.807, 2.05) is 30.3 Å². The molecule has 0 bridgehead atoms. The van der Waals surface area contributed by atoms with Gasteiger partial charge in [-0.2, -0.15) is 0 Å². The van der Waals surface area contributed by atoms with Gasteiger partial charge in [-0.25, -0.2) is 4.39 Å². The number of nitrogens with one attached hydrogen (secondary N) is 1. The topological polar surface area (TPSA) is 82.7 Å². The van der Waals surface area contributed by atoms with E-state index in [1.54, 1.807) is 12.1 Å². The van der Waals surface area contributed by atoms with Crippen LogP contribution in [0.3, 0.4) is 0 Å². The lowest BCUT2D eigenvalue weighted by Gasteiger charge is -2.12. The van der Waals surface area contributed by atoms with Crippen molar-refractivity contribution in [3.63, 3.8) is 0 Å². The van der Waals surface area contributed by atoms with Gasteiger partial charge in [0, 0.05) is 30.8 Å². The molecule has 0 saturated carbocycles. The van der Waals surface area contributed by atoms with Crippen LogP contribution in [-0.4, -0.2) is 10.2 Å². The van der Waals surface area contributed by atoms with Gasteiger partial charge in [-0.1, -0.05) is 42.5 Å². The average Bonchev–Trinajstić information content (AvgIpc) is 2.71. The summed E-state index contributed by atoms with van der Waals surface area (Å²) in [7, 11) is 0. The normalized spacial score (nSPS) is 11.1. The summed E-state index contributed by atoms with van der Waals surface area (Å²) < 4.78 is 19.0. The quantitative estimate of drug-likeness (QED) is 0.473. The molecule has 0 aliphatic rings. The predicted molar refractivity (Wildman–Crippen MR) is 108 cm³/mol. The first-order valence-electron chi connectivity index (χ1n) is 9.05. The number of hydrogen-bond donors (Lipinski definition) is 3. The molecule has 4 aromatic rings. The summed E-state index contributed by atoms with van der Waals surface area (Å²) in [5.41, 5.74) is 1.65. The highest BCUT2D eigenvalue weighted by Gasteiger charge is 2.19. The molecule has 0 unspecified atom stereocenters. The monoisotopic (exact) mass is 391 g/mol. The molecule has 1 heterocycles. The lowest BCUT2D eigenvalue weighted by Crippen LogP contribution is -2.20. The summed E-state index contributed by atoms with van der Waals surface area (Å²) in [5.74, 6) is -0.485. The first kappa shape index (κ1) is 18.7. The molecule has 0 atom stereocenters. The van der Waals surface area contributed by atoms with E-state index in [4.69, 9.17) is 4.42 Å². The van der Waals surface area contributed by atoms with Gasteiger partial charge in [0.15, 0.2) is 0 Å². The van der Waals surface area contributed by atoms with Gasteiger partial charge in [-0.05, 0) is 17.7 Å². The summed E-state index contributed by atoms with van der Waals surface area (Å²) >= 11 is 0. The van der Waals surface area contributed by atoms with Crippen molar-refractivity contribution in [2.75, 3.05) is 0 Å². The van der Waals surface area contributed by atoms with Gasteiger partial charge in [0.1, 0.15) is 34.0 Å². The summed E-state index contributed by atoms with van der Waals surface area (Å²) in [5, 5.41) is 23.1. The van der Waals surface area contributed by atoms with Gasteiger partial charge in [-0.15, -0.1) is 0 Å². The molecule has 6 heteroatoms. The van der Waals surface area contributed by atoms with Crippen LogP contribution in [0.2, 0.25) is 0 Å². The third-order valence-corrected chi connectivity index (χ3v) is 4.63. The molecule has 0 fully saturated rings. The van der Waals surface area contributed by atoms with E-state index in [9.17, 15) is 19.4 Å². The Labute approximate surface area is 165 Å². The van der Waals surface area contributed by atoms with Crippen LogP contribution in [0.15, 0.2) is 75.9 Å². The van der Waals surface area contributed by atoms with Crippen molar-refractivity contribution in [2.24, 2.45) is 0 Å². The Kier molecular flexibility index (Phi) is 5.01. The molecule has 146 valence electrons. The summed E-state index contributed by atoms with van der Waals surface area (Å²) in [4.78, 5) is 13.2. The molecule has 5 nitrogen and oxygen atoms in total. The third kappa shape index (κ3) is 3.83. The van der Waals surface area contributed by atoms with Gasteiger partial charge in [-0.3, -0.25) is 4.79 Å². The van der Waals surface area contributed by atoms with Crippen LogP contribution in [0.5, 0.6) is 11.5 Å². The Hall–Kier alpha value is -3.64. The molecule has 3 aromatic carbocycles. The molecule has 0 radical (unpaired) electrons. The molecule has 0 aliphatic heterocycles. The SMILES string of the molecule is O=c1c(CNCc2ccc(F)cc2)c(-c2ccccc2)oc2cc(O)cc(O)c12. The second-order valence-electron chi connectivity index (χ2n) is 6.67. The Morgan fingerprint density at radius 3 is 2.38 bits per heavy atom. The Morgan fingerprint density at radius 1 is 0.931 bits per heavy atom. The van der Waals surface area contributed by atoms with Gasteiger partial charge in [0.25, 0.3) is 0 Å². The minimum absolute atomic E-state index is 0.0149. The lowest BCUT2D eigenvalue weighted by molar-refractivity contribution is 0.452. The molecule has 29 heavy (non-hydrogen) atoms. The molecule has 0 saturated heterocycles. The van der Waals surface area contributed by atoms with E-state index >= 15 is 0 Å². The van der Waals surface area contributed by atoms with Crippen LogP contribution in [0.4, 0.5) is 4.39 Å². The number of phenols is 2. The second kappa shape index (κ2) is 7.77. The van der Waals surface area contributed by atoms with Crippen molar-refractivity contribution >= 4 is 11.0 Å². The van der Waals surface area contributed by atoms with E-state index in [2.05, 4.69) is 5.32 Å². The van der Waals surface area contributed by atoms with Crippen LogP contribution < -0.4 is 10.7 Å². The lowest BCUT2D eigenvalue weighted by atomic mass is 10.0. The molecular weight excluding hydrogens is 373 g/mol. The summed E-state index contributed by atoms with van der Waals surface area (Å²) in [6.45, 7) is 0.605. The molecular formula is C23H18FNO4. The number of benzene rings is 3. The van der Waals surface area contributed by atoms with Crippen molar-refractivity contribution in [3.05, 3.63) is 93.9 Å². The van der Waals surface area contributed by atoms with Crippen molar-refractivity contribution in [3.8, 4) is 22.8 Å². The number of hydrogen-bond acceptors (Lipinski definition) is 5. The zero-order valence-corrected chi connectivity index (χ0v) is 15.4. The minimum Gasteiger partial charge on any atom is -0.508 e. The molecule has 1 aromatic heterocycles. The average molecular weight is 391 g/mol. The smallest absolute Gasteiger partial charge is 0.201 e. The maximum absolute atomic E-state index is 13.2. The van der Waals surface area contributed by atoms with Gasteiger partial charge in [0.05, 0.1) is 5.56 Å². The number of rotatable bonds is 5. The van der Waals surface area contributed by atoms with Crippen LogP contribution in [-0.2, 0) is 13.1 Å². The molecule has 0 aliphatic carbocycles. The van der Waals surface area contributed by atoms with Crippen LogP contribution in [0.1, 0.15) is 11.1 Å². The fraction of sp³-hybridized carbons (Fsp3) is 0.0870. The largest absolute Gasteiger partial charge is 0.508 e. The standard InChI is InChI=1S/C23H18FNO4/c24-16-8-6-14(7-9-16)12-25-13-18-22(28)21-19(27)10-17(26)11-20(21)29-23(18)15-4-2-1-3-5-15/h1-11,25-27H,12-13H2. The zero-order chi connectivity index (χ0) is 20.4. The molecule has 0 spiro atoms. The van der Waals surface area contributed by atoms with E-state index in [0.29, 0.717) is 23.4 Å². The molecule has 4 rings (SSSR count). The Balaban J connectivity index is 1.76. The van der Waals surface area contributed by atoms with E-state index in [0.717, 1.165) is 11.6 Å². The molecule has 0 amide bonds. The van der Waals surface area contributed by atoms with Gasteiger partial charge < -0.3 is 19.9 Å². The Bertz CT molecular complexity index is 1220. The maximum Gasteiger partial charge on any atom is 0.201 e. The summed E-state index contributed by atoms with van der Waals surface area (Å²) in [6, 6.07) is 17.6. The number of halogens is 1. The second-order valence-corrected chi connectivity index (χ2v) is 6.67. The van der Waals surface area contributed by atoms with Crippen molar-refractivity contribution in [1.29, 1.82) is 0 Å². The van der Waals surface area contributed by atoms with Gasteiger partial charge >= 0.3 is 0 Å². The highest BCUT2D eigenvalue weighted by molar-refractivity contribution is 5.87. The van der Waals surface area contributed by atoms with Crippen molar-refractivity contribution in [1.82, 2.24) is 5.32 Å². The van der Waals surface area contributed by atoms with E-state index < -0.39 is 0 Å². The zero-order valence-electron chi connectivity index (χ0n) is 15.4. The van der Waals surface area contributed by atoms with Gasteiger partial charge in [0.2, 0.25) is 5.43 Å². The van der Waals surface area contributed by atoms with Crippen molar-refractivity contribution < 1.29 is 19.0 Å². The van der Waals surface area contributed by atoms with Crippen LogP contribution >= 0.6 is 0 Å². The Morgan fingerprint density at radius 2 is 1.66 bits per heavy atom. The highest BCUT2D eigenvalue weighted by atomic mass is 19.1. The third-order valence-electron chi connectivity index (χ3n) is 4.63. The molecule has 3 N–H and O–H groups in total. The first-order valence-corrected chi connectivity index (χ1v) is 9.05. The maximum atomic E-state index is 13.2. The van der Waals surface area contributed by atoms with Crippen LogP contribution in [0.25, 0.3) is 22.3 Å². The number of fused-ring (bicyclic) bond motifs is 1. The fourth-order valence-corrected chi connectivity index (χ4v) is 3.24. The predicted octanol–water partition coefficient (Wildman–Crippen LogP) is 4.30. The van der Waals surface area contributed by atoms with Crippen LogP contribution in [0, 0.1) is 5.82 Å².